The lowest BCUT2D eigenvalue weighted by Gasteiger charge is -2.32. The van der Waals surface area contributed by atoms with E-state index in [0.717, 1.165) is 16.3 Å². The van der Waals surface area contributed by atoms with Crippen LogP contribution in [0, 0.1) is 0 Å². The smallest absolute Gasteiger partial charge is 0.264 e. The number of methoxy groups -OCH3 is 1. The molecule has 1 atom stereocenters. The number of benzene rings is 3. The van der Waals surface area contributed by atoms with Crippen LogP contribution in [0.5, 0.6) is 5.75 Å². The number of carbonyl (C=O) groups is 2. The zero-order valence-electron chi connectivity index (χ0n) is 21.6. The molecule has 2 amide bonds. The van der Waals surface area contributed by atoms with Crippen molar-refractivity contribution in [3.05, 3.63) is 89.4 Å². The van der Waals surface area contributed by atoms with Gasteiger partial charge >= 0.3 is 0 Å². The SMILES string of the molecule is CCCNC(=O)C(C)N(Cc1ccc(Cl)cc1)C(=O)CN(c1cccc(OC)c1)S(=O)(=O)c1ccccc1. The Morgan fingerprint density at radius 1 is 1.00 bits per heavy atom. The van der Waals surface area contributed by atoms with Crippen molar-refractivity contribution in [2.45, 2.75) is 37.8 Å². The van der Waals surface area contributed by atoms with E-state index in [1.807, 2.05) is 6.92 Å². The minimum absolute atomic E-state index is 0.0357. The monoisotopic (exact) mass is 557 g/mol. The van der Waals surface area contributed by atoms with Gasteiger partial charge < -0.3 is 15.0 Å². The number of anilines is 1. The standard InChI is InChI=1S/C28H32ClN3O5S/c1-4-17-30-28(34)21(2)31(19-22-13-15-23(29)16-14-22)27(33)20-32(24-9-8-10-25(18-24)37-3)38(35,36)26-11-6-5-7-12-26/h5-16,18,21H,4,17,19-20H2,1-3H3,(H,30,34). The van der Waals surface area contributed by atoms with Gasteiger partial charge in [0, 0.05) is 24.2 Å². The first kappa shape index (κ1) is 29.0. The van der Waals surface area contributed by atoms with E-state index in [-0.39, 0.29) is 23.0 Å². The van der Waals surface area contributed by atoms with Crippen LogP contribution in [0.1, 0.15) is 25.8 Å². The molecule has 3 aromatic rings. The van der Waals surface area contributed by atoms with Gasteiger partial charge in [-0.3, -0.25) is 13.9 Å². The van der Waals surface area contributed by atoms with E-state index in [1.54, 1.807) is 73.7 Å². The van der Waals surface area contributed by atoms with Gasteiger partial charge in [0.2, 0.25) is 11.8 Å². The van der Waals surface area contributed by atoms with E-state index >= 15 is 0 Å². The highest BCUT2D eigenvalue weighted by Gasteiger charge is 2.32. The predicted octanol–water partition coefficient (Wildman–Crippen LogP) is 4.49. The van der Waals surface area contributed by atoms with Crippen LogP contribution in [0.25, 0.3) is 0 Å². The zero-order valence-corrected chi connectivity index (χ0v) is 23.2. The summed E-state index contributed by atoms with van der Waals surface area (Å²) in [6, 6.07) is 20.4. The number of hydrogen-bond acceptors (Lipinski definition) is 5. The molecule has 1 unspecified atom stereocenters. The summed E-state index contributed by atoms with van der Waals surface area (Å²) < 4.78 is 33.8. The molecular formula is C28H32ClN3O5S. The fraction of sp³-hybridized carbons (Fsp3) is 0.286. The first-order valence-electron chi connectivity index (χ1n) is 12.2. The highest BCUT2D eigenvalue weighted by Crippen LogP contribution is 2.27. The summed E-state index contributed by atoms with van der Waals surface area (Å²) in [7, 11) is -2.66. The Morgan fingerprint density at radius 2 is 1.68 bits per heavy atom. The van der Waals surface area contributed by atoms with Crippen molar-refractivity contribution in [2.75, 3.05) is 24.5 Å². The van der Waals surface area contributed by atoms with Crippen molar-refractivity contribution in [1.29, 1.82) is 0 Å². The molecule has 3 aromatic carbocycles. The maximum absolute atomic E-state index is 13.8. The summed E-state index contributed by atoms with van der Waals surface area (Å²) in [5.41, 5.74) is 1.01. The Hall–Kier alpha value is -3.56. The third kappa shape index (κ3) is 7.26. The Morgan fingerprint density at radius 3 is 2.32 bits per heavy atom. The molecule has 202 valence electrons. The highest BCUT2D eigenvalue weighted by molar-refractivity contribution is 7.92. The van der Waals surface area contributed by atoms with Gasteiger partial charge in [-0.15, -0.1) is 0 Å². The van der Waals surface area contributed by atoms with Gasteiger partial charge in [-0.05, 0) is 55.3 Å². The van der Waals surface area contributed by atoms with E-state index in [2.05, 4.69) is 5.32 Å². The molecule has 38 heavy (non-hydrogen) atoms. The Bertz CT molecular complexity index is 1330. The topological polar surface area (TPSA) is 96.0 Å². The van der Waals surface area contributed by atoms with Crippen LogP contribution in [0.4, 0.5) is 5.69 Å². The molecule has 0 aliphatic rings. The van der Waals surface area contributed by atoms with Gasteiger partial charge in [0.05, 0.1) is 17.7 Å². The first-order valence-corrected chi connectivity index (χ1v) is 14.0. The number of hydrogen-bond donors (Lipinski definition) is 1. The summed E-state index contributed by atoms with van der Waals surface area (Å²) in [6.45, 7) is 3.59. The van der Waals surface area contributed by atoms with Crippen molar-refractivity contribution >= 4 is 39.1 Å². The van der Waals surface area contributed by atoms with Crippen LogP contribution in [0.15, 0.2) is 83.8 Å². The number of halogens is 1. The van der Waals surface area contributed by atoms with Gasteiger partial charge in [-0.25, -0.2) is 8.42 Å². The lowest BCUT2D eigenvalue weighted by atomic mass is 10.1. The van der Waals surface area contributed by atoms with Crippen LogP contribution in [-0.4, -0.2) is 51.4 Å². The van der Waals surface area contributed by atoms with E-state index in [0.29, 0.717) is 17.3 Å². The van der Waals surface area contributed by atoms with Gasteiger partial charge in [0.15, 0.2) is 0 Å². The van der Waals surface area contributed by atoms with E-state index in [4.69, 9.17) is 16.3 Å². The molecule has 0 aliphatic carbocycles. The second kappa shape index (κ2) is 13.3. The lowest BCUT2D eigenvalue weighted by Crippen LogP contribution is -2.51. The molecule has 3 rings (SSSR count). The number of nitrogens with zero attached hydrogens (tertiary/aromatic N) is 2. The van der Waals surface area contributed by atoms with Crippen molar-refractivity contribution < 1.29 is 22.7 Å². The molecular weight excluding hydrogens is 526 g/mol. The number of rotatable bonds is 12. The average molecular weight is 558 g/mol. The van der Waals surface area contributed by atoms with Crippen molar-refractivity contribution in [2.24, 2.45) is 0 Å². The molecule has 8 nitrogen and oxygen atoms in total. The van der Waals surface area contributed by atoms with Crippen molar-refractivity contribution in [1.82, 2.24) is 10.2 Å². The quantitative estimate of drug-likeness (QED) is 0.354. The molecule has 10 heteroatoms. The molecule has 0 spiro atoms. The van der Waals surface area contributed by atoms with Crippen LogP contribution >= 0.6 is 11.6 Å². The number of sulfonamides is 1. The Labute approximate surface area is 229 Å². The number of nitrogens with one attached hydrogen (secondary N) is 1. The van der Waals surface area contributed by atoms with Crippen molar-refractivity contribution in [3.63, 3.8) is 0 Å². The zero-order chi connectivity index (χ0) is 27.7. The fourth-order valence-corrected chi connectivity index (χ4v) is 5.33. The van der Waals surface area contributed by atoms with E-state index < -0.39 is 28.5 Å². The van der Waals surface area contributed by atoms with Crippen LogP contribution < -0.4 is 14.4 Å². The summed E-state index contributed by atoms with van der Waals surface area (Å²) in [5.74, 6) is -0.428. The number of ether oxygens (including phenoxy) is 1. The maximum Gasteiger partial charge on any atom is 0.264 e. The molecule has 0 saturated heterocycles. The molecule has 0 aliphatic heterocycles. The van der Waals surface area contributed by atoms with Crippen LogP contribution in [0.2, 0.25) is 5.02 Å². The molecule has 0 aromatic heterocycles. The molecule has 0 saturated carbocycles. The second-order valence-electron chi connectivity index (χ2n) is 8.64. The number of amides is 2. The van der Waals surface area contributed by atoms with Crippen molar-refractivity contribution in [3.8, 4) is 5.75 Å². The minimum Gasteiger partial charge on any atom is -0.497 e. The summed E-state index contributed by atoms with van der Waals surface area (Å²) >= 11 is 6.02. The molecule has 0 fully saturated rings. The number of carbonyl (C=O) groups excluding carboxylic acids is 2. The van der Waals surface area contributed by atoms with E-state index in [1.165, 1.54) is 24.1 Å². The Kier molecular flexibility index (Phi) is 10.2. The van der Waals surface area contributed by atoms with Gasteiger partial charge in [-0.2, -0.15) is 0 Å². The highest BCUT2D eigenvalue weighted by atomic mass is 35.5. The second-order valence-corrected chi connectivity index (χ2v) is 10.9. The van der Waals surface area contributed by atoms with Gasteiger partial charge in [0.25, 0.3) is 10.0 Å². The summed E-state index contributed by atoms with van der Waals surface area (Å²) in [5, 5.41) is 3.36. The van der Waals surface area contributed by atoms with Gasteiger partial charge in [-0.1, -0.05) is 54.9 Å². The largest absolute Gasteiger partial charge is 0.497 e. The lowest BCUT2D eigenvalue weighted by molar-refractivity contribution is -0.139. The summed E-state index contributed by atoms with van der Waals surface area (Å²) in [6.07, 6.45) is 0.739. The summed E-state index contributed by atoms with van der Waals surface area (Å²) in [4.78, 5) is 28.1. The van der Waals surface area contributed by atoms with Crippen LogP contribution in [0.3, 0.4) is 0 Å². The predicted molar refractivity (Wildman–Crippen MR) is 149 cm³/mol. The van der Waals surface area contributed by atoms with Crippen LogP contribution in [-0.2, 0) is 26.2 Å². The molecule has 1 N–H and O–H groups in total. The fourth-order valence-electron chi connectivity index (χ4n) is 3.78. The third-order valence-corrected chi connectivity index (χ3v) is 7.97. The minimum atomic E-state index is -4.13. The maximum atomic E-state index is 13.8. The average Bonchev–Trinajstić information content (AvgIpc) is 2.94. The molecule has 0 heterocycles. The Balaban J connectivity index is 2.02. The first-order chi connectivity index (χ1) is 18.2. The third-order valence-electron chi connectivity index (χ3n) is 5.93. The van der Waals surface area contributed by atoms with E-state index in [9.17, 15) is 18.0 Å². The van der Waals surface area contributed by atoms with Gasteiger partial charge in [0.1, 0.15) is 18.3 Å². The normalized spacial score (nSPS) is 11.9. The molecule has 0 radical (unpaired) electrons. The molecule has 0 bridgehead atoms.